The average Bonchev–Trinajstić information content (AvgIpc) is 2.95. The molecule has 41 heavy (non-hydrogen) atoms. The number of aliphatic carboxylic acids is 2. The Hall–Kier alpha value is -2.37. The van der Waals surface area contributed by atoms with E-state index < -0.39 is 28.7 Å². The van der Waals surface area contributed by atoms with Crippen LogP contribution in [0.4, 0.5) is 0 Å². The lowest BCUT2D eigenvalue weighted by atomic mass is 9.52. The van der Waals surface area contributed by atoms with E-state index in [9.17, 15) is 24.6 Å². The monoisotopic (exact) mass is 574 g/mol. The fourth-order valence-corrected chi connectivity index (χ4v) is 6.72. The predicted molar refractivity (Wildman–Crippen MR) is 166 cm³/mol. The number of hydrogen-bond donors (Lipinski definition) is 2. The third-order valence-electron chi connectivity index (χ3n) is 9.48. The summed E-state index contributed by atoms with van der Waals surface area (Å²) in [5, 5.41) is 21.7. The lowest BCUT2D eigenvalue weighted by Crippen LogP contribution is -2.54. The number of unbranched alkanes of at least 4 members (excludes halogenated alkanes) is 3. The van der Waals surface area contributed by atoms with Crippen LogP contribution in [0.3, 0.4) is 0 Å². The highest BCUT2D eigenvalue weighted by atomic mass is 16.5. The molecule has 234 valence electrons. The molecule has 0 radical (unpaired) electrons. The molecule has 0 aliphatic heterocycles. The van der Waals surface area contributed by atoms with Crippen LogP contribution in [0.5, 0.6) is 0 Å². The summed E-state index contributed by atoms with van der Waals surface area (Å²) in [6.07, 6.45) is 16.2. The zero-order valence-corrected chi connectivity index (χ0v) is 26.8. The minimum atomic E-state index is -1.66. The Bertz CT molecular complexity index is 918. The van der Waals surface area contributed by atoms with E-state index in [-0.39, 0.29) is 36.2 Å². The van der Waals surface area contributed by atoms with Gasteiger partial charge in [-0.25, -0.2) is 4.79 Å². The van der Waals surface area contributed by atoms with Gasteiger partial charge in [0.2, 0.25) is 0 Å². The molecule has 0 amide bonds. The van der Waals surface area contributed by atoms with Crippen molar-refractivity contribution < 1.29 is 29.3 Å². The number of esters is 1. The Kier molecular flexibility index (Phi) is 16.3. The Balaban J connectivity index is 4.08. The van der Waals surface area contributed by atoms with E-state index in [1.54, 1.807) is 6.08 Å². The molecular formula is C35H58O6. The van der Waals surface area contributed by atoms with Gasteiger partial charge >= 0.3 is 17.9 Å². The number of hydrogen-bond acceptors (Lipinski definition) is 4. The van der Waals surface area contributed by atoms with Crippen molar-refractivity contribution in [3.8, 4) is 0 Å². The van der Waals surface area contributed by atoms with Crippen LogP contribution in [0.1, 0.15) is 138 Å². The van der Waals surface area contributed by atoms with Crippen LogP contribution >= 0.6 is 0 Å². The molecule has 1 aliphatic rings. The molecule has 0 fully saturated rings. The largest absolute Gasteiger partial charge is 0.481 e. The van der Waals surface area contributed by atoms with E-state index in [1.807, 2.05) is 0 Å². The van der Waals surface area contributed by atoms with Crippen LogP contribution in [0.2, 0.25) is 0 Å². The molecule has 0 saturated carbocycles. The molecule has 0 heterocycles. The minimum absolute atomic E-state index is 0.0379. The predicted octanol–water partition coefficient (Wildman–Crippen LogP) is 9.50. The summed E-state index contributed by atoms with van der Waals surface area (Å²) in [6.45, 7) is 16.2. The second kappa shape index (κ2) is 18.2. The molecule has 0 spiro atoms. The van der Waals surface area contributed by atoms with Crippen molar-refractivity contribution in [2.75, 3.05) is 0 Å². The van der Waals surface area contributed by atoms with Gasteiger partial charge in [0.1, 0.15) is 10.8 Å². The molecule has 6 nitrogen and oxygen atoms in total. The molecule has 6 heteroatoms. The van der Waals surface area contributed by atoms with Crippen LogP contribution in [0, 0.1) is 28.6 Å². The fourth-order valence-electron chi connectivity index (χ4n) is 6.72. The van der Waals surface area contributed by atoms with Crippen molar-refractivity contribution in [1.29, 1.82) is 0 Å². The molecule has 0 aromatic carbocycles. The third-order valence-corrected chi connectivity index (χ3v) is 9.48. The highest BCUT2D eigenvalue weighted by Gasteiger charge is 2.62. The summed E-state index contributed by atoms with van der Waals surface area (Å²) >= 11 is 0. The van der Waals surface area contributed by atoms with Crippen LogP contribution in [-0.2, 0) is 19.1 Å². The van der Waals surface area contributed by atoms with Gasteiger partial charge in [-0.3, -0.25) is 9.59 Å². The zero-order valence-electron chi connectivity index (χ0n) is 26.8. The highest BCUT2D eigenvalue weighted by molar-refractivity contribution is 5.99. The second-order valence-corrected chi connectivity index (χ2v) is 12.2. The number of carbonyl (C=O) groups is 3. The SMILES string of the molecule is C=COC(=O)C1(CC(CC)CCCC)C=C(C(=O)O)C(CC(CC)CCCC)=CC1(CC(CC)CCCC)C(=O)O. The Morgan fingerprint density at radius 2 is 1.24 bits per heavy atom. The third kappa shape index (κ3) is 9.31. The summed E-state index contributed by atoms with van der Waals surface area (Å²) in [7, 11) is 0. The molecule has 5 unspecified atom stereocenters. The van der Waals surface area contributed by atoms with Crippen LogP contribution in [-0.4, -0.2) is 28.1 Å². The first-order chi connectivity index (χ1) is 19.6. The van der Waals surface area contributed by atoms with E-state index in [2.05, 4.69) is 48.1 Å². The van der Waals surface area contributed by atoms with Crippen molar-refractivity contribution >= 4 is 17.9 Å². The maximum Gasteiger partial charge on any atom is 0.335 e. The van der Waals surface area contributed by atoms with Crippen LogP contribution in [0.25, 0.3) is 0 Å². The standard InChI is InChI=1S/C35H58O6/c1-8-15-18-26(11-4)21-29-24-34(32(38)39,22-27(12-5)19-16-9-2)35(33(40)41-14-7,25-30(29)31(36)37)23-28(13-6)20-17-10-3/h14,24-28H,7-13,15-23H2,1-6H3,(H,36,37)(H,38,39). The van der Waals surface area contributed by atoms with Crippen molar-refractivity contribution in [1.82, 2.24) is 0 Å². The smallest absolute Gasteiger partial charge is 0.335 e. The van der Waals surface area contributed by atoms with E-state index >= 15 is 0 Å². The Morgan fingerprint density at radius 3 is 1.63 bits per heavy atom. The van der Waals surface area contributed by atoms with Crippen molar-refractivity contribution in [2.24, 2.45) is 28.6 Å². The van der Waals surface area contributed by atoms with Crippen LogP contribution in [0.15, 0.2) is 36.1 Å². The molecule has 0 aromatic rings. The summed E-state index contributed by atoms with van der Waals surface area (Å²) in [4.78, 5) is 40.6. The molecule has 5 atom stereocenters. The van der Waals surface area contributed by atoms with E-state index in [1.165, 1.54) is 6.08 Å². The molecular weight excluding hydrogens is 516 g/mol. The first-order valence-electron chi connectivity index (χ1n) is 16.3. The second-order valence-electron chi connectivity index (χ2n) is 12.2. The van der Waals surface area contributed by atoms with Gasteiger partial charge in [-0.05, 0) is 42.6 Å². The lowest BCUT2D eigenvalue weighted by Gasteiger charge is -2.48. The van der Waals surface area contributed by atoms with E-state index in [4.69, 9.17) is 4.74 Å². The van der Waals surface area contributed by atoms with E-state index in [0.29, 0.717) is 12.0 Å². The summed E-state index contributed by atoms with van der Waals surface area (Å²) < 4.78 is 5.45. The van der Waals surface area contributed by atoms with Gasteiger partial charge in [-0.1, -0.05) is 137 Å². The summed E-state index contributed by atoms with van der Waals surface area (Å²) in [6, 6.07) is 0. The van der Waals surface area contributed by atoms with E-state index in [0.717, 1.165) is 83.3 Å². The van der Waals surface area contributed by atoms with Crippen molar-refractivity contribution in [3.05, 3.63) is 36.1 Å². The molecule has 0 bridgehead atoms. The van der Waals surface area contributed by atoms with Crippen molar-refractivity contribution in [3.63, 3.8) is 0 Å². The Morgan fingerprint density at radius 1 is 0.780 bits per heavy atom. The topological polar surface area (TPSA) is 101 Å². The first-order valence-corrected chi connectivity index (χ1v) is 16.3. The number of rotatable bonds is 22. The van der Waals surface area contributed by atoms with Gasteiger partial charge in [0, 0.05) is 0 Å². The number of ether oxygens (including phenoxy) is 1. The van der Waals surface area contributed by atoms with Gasteiger partial charge in [0.25, 0.3) is 0 Å². The molecule has 0 saturated heterocycles. The molecule has 2 N–H and O–H groups in total. The van der Waals surface area contributed by atoms with Gasteiger partial charge in [-0.15, -0.1) is 0 Å². The first kappa shape index (κ1) is 36.7. The van der Waals surface area contributed by atoms with Gasteiger partial charge in [-0.2, -0.15) is 0 Å². The maximum absolute atomic E-state index is 14.1. The number of carbonyl (C=O) groups excluding carboxylic acids is 1. The van der Waals surface area contributed by atoms with Gasteiger partial charge in [0.05, 0.1) is 11.8 Å². The number of carboxylic acid groups (broad SMARTS) is 2. The molecule has 0 aromatic heterocycles. The highest BCUT2D eigenvalue weighted by Crippen LogP contribution is 2.57. The zero-order chi connectivity index (χ0) is 31.1. The lowest BCUT2D eigenvalue weighted by molar-refractivity contribution is -0.169. The van der Waals surface area contributed by atoms with Crippen molar-refractivity contribution in [2.45, 2.75) is 138 Å². The minimum Gasteiger partial charge on any atom is -0.481 e. The summed E-state index contributed by atoms with van der Waals surface area (Å²) in [5.74, 6) is -2.59. The fraction of sp³-hybridized carbons (Fsp3) is 0.743. The molecule has 1 rings (SSSR count). The normalized spacial score (nSPS) is 22.7. The number of carboxylic acids is 2. The Labute approximate surface area is 249 Å². The molecule has 1 aliphatic carbocycles. The van der Waals surface area contributed by atoms with Crippen LogP contribution < -0.4 is 0 Å². The average molecular weight is 575 g/mol. The van der Waals surface area contributed by atoms with Gasteiger partial charge in [0.15, 0.2) is 0 Å². The summed E-state index contributed by atoms with van der Waals surface area (Å²) in [5.41, 5.74) is -2.70. The maximum atomic E-state index is 14.1. The quantitative estimate of drug-likeness (QED) is 0.0986. The van der Waals surface area contributed by atoms with Gasteiger partial charge < -0.3 is 14.9 Å².